The molecule has 2 N–H and O–H groups in total. The zero-order chi connectivity index (χ0) is 15.1. The van der Waals surface area contributed by atoms with Crippen molar-refractivity contribution in [1.29, 1.82) is 0 Å². The highest BCUT2D eigenvalue weighted by molar-refractivity contribution is 14.0. The van der Waals surface area contributed by atoms with Crippen LogP contribution in [-0.4, -0.2) is 61.8 Å². The van der Waals surface area contributed by atoms with Gasteiger partial charge in [0, 0.05) is 31.2 Å². The lowest BCUT2D eigenvalue weighted by atomic mass is 10.0. The largest absolute Gasteiger partial charge is 0.379 e. The zero-order valence-corrected chi connectivity index (χ0v) is 16.4. The van der Waals surface area contributed by atoms with Crippen LogP contribution in [0.15, 0.2) is 17.1 Å². The molecule has 1 fully saturated rings. The van der Waals surface area contributed by atoms with Gasteiger partial charge >= 0.3 is 0 Å². The molecule has 1 heterocycles. The number of rotatable bonds is 5. The molecule has 5 nitrogen and oxygen atoms in total. The van der Waals surface area contributed by atoms with Crippen molar-refractivity contribution in [2.45, 2.75) is 45.2 Å². The third-order valence-electron chi connectivity index (χ3n) is 4.18. The summed E-state index contributed by atoms with van der Waals surface area (Å²) in [6.45, 7) is 12.0. The zero-order valence-electron chi connectivity index (χ0n) is 14.1. The summed E-state index contributed by atoms with van der Waals surface area (Å²) in [6, 6.07) is 0.495. The molecule has 0 aromatic carbocycles. The van der Waals surface area contributed by atoms with Crippen LogP contribution in [0, 0.1) is 0 Å². The Morgan fingerprint density at radius 1 is 1.27 bits per heavy atom. The normalized spacial score (nSPS) is 20.8. The van der Waals surface area contributed by atoms with Gasteiger partial charge in [0.25, 0.3) is 0 Å². The molecular formula is C16H31IN4O. The van der Waals surface area contributed by atoms with Gasteiger partial charge in [-0.25, -0.2) is 0 Å². The van der Waals surface area contributed by atoms with Gasteiger partial charge in [-0.05, 0) is 33.6 Å². The Hall–Kier alpha value is -0.340. The van der Waals surface area contributed by atoms with Gasteiger partial charge in [0.1, 0.15) is 0 Å². The summed E-state index contributed by atoms with van der Waals surface area (Å²) in [5, 5.41) is 6.88. The first-order chi connectivity index (χ1) is 10.1. The number of aliphatic imine (C=N–C) groups is 1. The summed E-state index contributed by atoms with van der Waals surface area (Å²) in [4.78, 5) is 7.28. The topological polar surface area (TPSA) is 48.9 Å². The second kappa shape index (κ2) is 9.72. The van der Waals surface area contributed by atoms with Crippen molar-refractivity contribution in [2.24, 2.45) is 4.99 Å². The van der Waals surface area contributed by atoms with Gasteiger partial charge in [-0.15, -0.1) is 24.0 Å². The van der Waals surface area contributed by atoms with Crippen molar-refractivity contribution in [1.82, 2.24) is 15.5 Å². The Morgan fingerprint density at radius 3 is 2.50 bits per heavy atom. The van der Waals surface area contributed by atoms with E-state index in [1.165, 1.54) is 0 Å². The molecule has 2 aliphatic rings. The fourth-order valence-corrected chi connectivity index (χ4v) is 2.79. The average molecular weight is 422 g/mol. The molecule has 1 saturated heterocycles. The Morgan fingerprint density at radius 2 is 1.91 bits per heavy atom. The molecular weight excluding hydrogens is 391 g/mol. The molecule has 6 heteroatoms. The van der Waals surface area contributed by atoms with Gasteiger partial charge in [0.15, 0.2) is 5.96 Å². The quantitative estimate of drug-likeness (QED) is 0.308. The number of ether oxygens (including phenoxy) is 1. The van der Waals surface area contributed by atoms with E-state index in [-0.39, 0.29) is 29.5 Å². The molecule has 0 spiro atoms. The van der Waals surface area contributed by atoms with Crippen molar-refractivity contribution in [3.8, 4) is 0 Å². The minimum absolute atomic E-state index is 0. The van der Waals surface area contributed by atoms with E-state index in [2.05, 4.69) is 48.5 Å². The van der Waals surface area contributed by atoms with Gasteiger partial charge in [-0.2, -0.15) is 0 Å². The standard InChI is InChI=1S/C16H30N4O.HI/c1-4-17-15(19-14-7-5-6-8-14)18-13-16(2,3)20-9-11-21-12-10-20;/h5-6,14H,4,7-13H2,1-3H3,(H2,17,18,19);1H. The van der Waals surface area contributed by atoms with E-state index in [0.717, 1.165) is 58.2 Å². The maximum atomic E-state index is 5.44. The molecule has 0 amide bonds. The van der Waals surface area contributed by atoms with Gasteiger partial charge in [0.2, 0.25) is 0 Å². The molecule has 1 aliphatic carbocycles. The minimum Gasteiger partial charge on any atom is -0.379 e. The third kappa shape index (κ3) is 6.04. The van der Waals surface area contributed by atoms with E-state index in [4.69, 9.17) is 9.73 Å². The van der Waals surface area contributed by atoms with Crippen LogP contribution in [0.2, 0.25) is 0 Å². The maximum absolute atomic E-state index is 5.44. The van der Waals surface area contributed by atoms with E-state index < -0.39 is 0 Å². The Kier molecular flexibility index (Phi) is 8.71. The van der Waals surface area contributed by atoms with Crippen molar-refractivity contribution in [2.75, 3.05) is 39.4 Å². The number of nitrogens with zero attached hydrogens (tertiary/aromatic N) is 2. The highest BCUT2D eigenvalue weighted by Gasteiger charge is 2.28. The lowest BCUT2D eigenvalue weighted by Crippen LogP contribution is -2.52. The second-order valence-electron chi connectivity index (χ2n) is 6.39. The fraction of sp³-hybridized carbons (Fsp3) is 0.812. The number of halogens is 1. The fourth-order valence-electron chi connectivity index (χ4n) is 2.79. The molecule has 0 aromatic heterocycles. The van der Waals surface area contributed by atoms with Crippen molar-refractivity contribution in [3.63, 3.8) is 0 Å². The Bertz CT molecular complexity index is 370. The molecule has 0 unspecified atom stereocenters. The molecule has 0 atom stereocenters. The number of guanidine groups is 1. The number of morpholine rings is 1. The van der Waals surface area contributed by atoms with Crippen LogP contribution in [0.25, 0.3) is 0 Å². The van der Waals surface area contributed by atoms with Crippen molar-refractivity contribution >= 4 is 29.9 Å². The molecule has 1 aliphatic heterocycles. The van der Waals surface area contributed by atoms with Crippen molar-refractivity contribution < 1.29 is 4.74 Å². The van der Waals surface area contributed by atoms with Crippen LogP contribution < -0.4 is 10.6 Å². The molecule has 0 radical (unpaired) electrons. The van der Waals surface area contributed by atoms with E-state index in [1.807, 2.05) is 0 Å². The smallest absolute Gasteiger partial charge is 0.191 e. The van der Waals surface area contributed by atoms with Gasteiger partial charge in [0.05, 0.1) is 19.8 Å². The molecule has 2 rings (SSSR count). The van der Waals surface area contributed by atoms with Crippen LogP contribution in [0.5, 0.6) is 0 Å². The van der Waals surface area contributed by atoms with E-state index >= 15 is 0 Å². The molecule has 22 heavy (non-hydrogen) atoms. The number of hydrogen-bond acceptors (Lipinski definition) is 3. The van der Waals surface area contributed by atoms with Crippen LogP contribution in [0.3, 0.4) is 0 Å². The summed E-state index contributed by atoms with van der Waals surface area (Å²) in [5.74, 6) is 0.938. The SMILES string of the molecule is CCNC(=NCC(C)(C)N1CCOCC1)NC1CC=CC1.I. The first-order valence-electron chi connectivity index (χ1n) is 8.14. The van der Waals surface area contributed by atoms with E-state index in [9.17, 15) is 0 Å². The first kappa shape index (κ1) is 19.7. The second-order valence-corrected chi connectivity index (χ2v) is 6.39. The van der Waals surface area contributed by atoms with Gasteiger partial charge in [-0.1, -0.05) is 12.2 Å². The predicted molar refractivity (Wildman–Crippen MR) is 103 cm³/mol. The van der Waals surface area contributed by atoms with Gasteiger partial charge < -0.3 is 15.4 Å². The highest BCUT2D eigenvalue weighted by atomic mass is 127. The minimum atomic E-state index is 0. The predicted octanol–water partition coefficient (Wildman–Crippen LogP) is 1.99. The molecule has 0 bridgehead atoms. The van der Waals surface area contributed by atoms with Crippen LogP contribution >= 0.6 is 24.0 Å². The number of nitrogens with one attached hydrogen (secondary N) is 2. The van der Waals surface area contributed by atoms with Crippen molar-refractivity contribution in [3.05, 3.63) is 12.2 Å². The molecule has 0 aromatic rings. The summed E-state index contributed by atoms with van der Waals surface area (Å²) < 4.78 is 5.44. The monoisotopic (exact) mass is 422 g/mol. The van der Waals surface area contributed by atoms with E-state index in [0.29, 0.717) is 6.04 Å². The summed E-state index contributed by atoms with van der Waals surface area (Å²) in [5.41, 5.74) is 0.0695. The van der Waals surface area contributed by atoms with Gasteiger partial charge in [-0.3, -0.25) is 9.89 Å². The number of hydrogen-bond donors (Lipinski definition) is 2. The molecule has 128 valence electrons. The first-order valence-corrected chi connectivity index (χ1v) is 8.14. The van der Waals surface area contributed by atoms with E-state index in [1.54, 1.807) is 0 Å². The average Bonchev–Trinajstić information content (AvgIpc) is 2.99. The maximum Gasteiger partial charge on any atom is 0.191 e. The third-order valence-corrected chi connectivity index (χ3v) is 4.18. The summed E-state index contributed by atoms with van der Waals surface area (Å²) >= 11 is 0. The highest BCUT2D eigenvalue weighted by Crippen LogP contribution is 2.16. The lowest BCUT2D eigenvalue weighted by molar-refractivity contribution is -0.00684. The molecule has 0 saturated carbocycles. The Balaban J connectivity index is 0.00000242. The Labute approximate surface area is 152 Å². The summed E-state index contributed by atoms with van der Waals surface area (Å²) in [6.07, 6.45) is 6.66. The van der Waals surface area contributed by atoms with Crippen LogP contribution in [0.4, 0.5) is 0 Å². The van der Waals surface area contributed by atoms with Crippen LogP contribution in [0.1, 0.15) is 33.6 Å². The lowest BCUT2D eigenvalue weighted by Gasteiger charge is -2.40. The summed E-state index contributed by atoms with van der Waals surface area (Å²) in [7, 11) is 0. The van der Waals surface area contributed by atoms with Crippen LogP contribution in [-0.2, 0) is 4.74 Å².